The Hall–Kier alpha value is -3.20. The summed E-state index contributed by atoms with van der Waals surface area (Å²) in [6.45, 7) is 17.4. The van der Waals surface area contributed by atoms with Gasteiger partial charge in [0.1, 0.15) is 0 Å². The second-order valence-electron chi connectivity index (χ2n) is 13.5. The van der Waals surface area contributed by atoms with Crippen molar-refractivity contribution in [1.82, 2.24) is 0 Å². The summed E-state index contributed by atoms with van der Waals surface area (Å²) in [5, 5.41) is 0. The molecular formula is C34H37NO2. The second-order valence-corrected chi connectivity index (χ2v) is 13.5. The smallest absolute Gasteiger partial charge is 0.238 e. The van der Waals surface area contributed by atoms with E-state index in [-0.39, 0.29) is 46.3 Å². The monoisotopic (exact) mass is 491 g/mol. The number of imide groups is 1. The highest BCUT2D eigenvalue weighted by atomic mass is 16.2. The van der Waals surface area contributed by atoms with E-state index in [1.165, 1.54) is 38.3 Å². The van der Waals surface area contributed by atoms with Crippen molar-refractivity contribution in [1.29, 1.82) is 0 Å². The van der Waals surface area contributed by atoms with Crippen LogP contribution in [-0.4, -0.2) is 11.8 Å². The van der Waals surface area contributed by atoms with E-state index in [1.54, 1.807) is 0 Å². The molecular weight excluding hydrogens is 454 g/mol. The van der Waals surface area contributed by atoms with Crippen LogP contribution in [0.3, 0.4) is 0 Å². The van der Waals surface area contributed by atoms with Crippen LogP contribution in [0.5, 0.6) is 0 Å². The van der Waals surface area contributed by atoms with Gasteiger partial charge in [-0.2, -0.15) is 0 Å². The molecule has 2 amide bonds. The fraction of sp³-hybridized carbons (Fsp3) is 0.412. The summed E-state index contributed by atoms with van der Waals surface area (Å²) in [7, 11) is 0. The zero-order valence-electron chi connectivity index (χ0n) is 23.3. The van der Waals surface area contributed by atoms with Crippen LogP contribution in [0.1, 0.15) is 97.9 Å². The fourth-order valence-electron chi connectivity index (χ4n) is 7.00. The Morgan fingerprint density at radius 2 is 1.05 bits per heavy atom. The van der Waals surface area contributed by atoms with E-state index >= 15 is 0 Å². The Morgan fingerprint density at radius 1 is 0.595 bits per heavy atom. The molecule has 1 saturated heterocycles. The van der Waals surface area contributed by atoms with Gasteiger partial charge >= 0.3 is 0 Å². The molecule has 1 heterocycles. The van der Waals surface area contributed by atoms with Crippen LogP contribution >= 0.6 is 0 Å². The van der Waals surface area contributed by atoms with Gasteiger partial charge in [-0.1, -0.05) is 95.6 Å². The summed E-state index contributed by atoms with van der Waals surface area (Å²) in [5.41, 5.74) is 10.3. The first kappa shape index (κ1) is 24.2. The van der Waals surface area contributed by atoms with Crippen molar-refractivity contribution in [2.24, 2.45) is 11.8 Å². The Labute approximate surface area is 220 Å². The molecule has 3 aromatic rings. The molecule has 0 spiro atoms. The molecule has 0 aromatic heterocycles. The molecule has 4 unspecified atom stereocenters. The molecule has 2 bridgehead atoms. The van der Waals surface area contributed by atoms with E-state index in [0.29, 0.717) is 0 Å². The zero-order chi connectivity index (χ0) is 26.6. The number of rotatable bonds is 1. The summed E-state index contributed by atoms with van der Waals surface area (Å²) in [6, 6.07) is 19.6. The van der Waals surface area contributed by atoms with Crippen molar-refractivity contribution in [3.63, 3.8) is 0 Å². The number of carbonyl (C=O) groups is 2. The molecule has 1 fully saturated rings. The van der Waals surface area contributed by atoms with Crippen LogP contribution in [0.4, 0.5) is 5.69 Å². The maximum Gasteiger partial charge on any atom is 0.238 e. The average molecular weight is 492 g/mol. The molecule has 3 aromatic carbocycles. The van der Waals surface area contributed by atoms with Gasteiger partial charge < -0.3 is 0 Å². The second kappa shape index (κ2) is 7.66. The van der Waals surface area contributed by atoms with E-state index in [9.17, 15) is 9.59 Å². The summed E-state index contributed by atoms with van der Waals surface area (Å²) in [4.78, 5) is 29.9. The fourth-order valence-corrected chi connectivity index (χ4v) is 7.00. The third-order valence-electron chi connectivity index (χ3n) is 8.96. The number of carbonyl (C=O) groups excluding carboxylic acids is 2. The first-order valence-electron chi connectivity index (χ1n) is 13.5. The molecule has 3 nitrogen and oxygen atoms in total. The normalized spacial score (nSPS) is 24.3. The van der Waals surface area contributed by atoms with Gasteiger partial charge in [-0.15, -0.1) is 0 Å². The molecule has 7 rings (SSSR count). The van der Waals surface area contributed by atoms with Crippen LogP contribution in [0.25, 0.3) is 0 Å². The van der Waals surface area contributed by atoms with Crippen LogP contribution in [-0.2, 0) is 20.4 Å². The van der Waals surface area contributed by atoms with Crippen molar-refractivity contribution in [2.75, 3.05) is 4.90 Å². The van der Waals surface area contributed by atoms with Gasteiger partial charge in [0.05, 0.1) is 17.5 Å². The van der Waals surface area contributed by atoms with Gasteiger partial charge in [0.2, 0.25) is 11.8 Å². The predicted molar refractivity (Wildman–Crippen MR) is 149 cm³/mol. The van der Waals surface area contributed by atoms with Crippen molar-refractivity contribution < 1.29 is 9.59 Å². The molecule has 0 radical (unpaired) electrons. The molecule has 37 heavy (non-hydrogen) atoms. The van der Waals surface area contributed by atoms with Gasteiger partial charge in [-0.25, -0.2) is 4.90 Å². The highest BCUT2D eigenvalue weighted by Crippen LogP contribution is 2.62. The highest BCUT2D eigenvalue weighted by molar-refractivity contribution is 6.23. The van der Waals surface area contributed by atoms with Gasteiger partial charge in [0.25, 0.3) is 0 Å². The number of benzene rings is 3. The Bertz CT molecular complexity index is 1400. The van der Waals surface area contributed by atoms with Crippen molar-refractivity contribution in [3.05, 3.63) is 99.1 Å². The minimum atomic E-state index is -0.367. The van der Waals surface area contributed by atoms with Crippen molar-refractivity contribution in [3.8, 4) is 0 Å². The topological polar surface area (TPSA) is 37.4 Å². The number of hydrogen-bond donors (Lipinski definition) is 0. The quantitative estimate of drug-likeness (QED) is 0.335. The van der Waals surface area contributed by atoms with Gasteiger partial charge in [-0.3, -0.25) is 9.59 Å². The molecule has 190 valence electrons. The van der Waals surface area contributed by atoms with E-state index in [1.807, 2.05) is 26.0 Å². The van der Waals surface area contributed by atoms with E-state index in [2.05, 4.69) is 84.0 Å². The third-order valence-corrected chi connectivity index (χ3v) is 8.96. The van der Waals surface area contributed by atoms with Crippen LogP contribution in [0, 0.1) is 25.7 Å². The zero-order valence-corrected chi connectivity index (χ0v) is 23.3. The van der Waals surface area contributed by atoms with Gasteiger partial charge in [0.15, 0.2) is 0 Å². The van der Waals surface area contributed by atoms with Gasteiger partial charge in [-0.05, 0) is 69.7 Å². The third kappa shape index (κ3) is 3.39. The Balaban J connectivity index is 1.58. The Kier molecular flexibility index (Phi) is 5.00. The van der Waals surface area contributed by atoms with E-state index in [0.717, 1.165) is 16.8 Å². The summed E-state index contributed by atoms with van der Waals surface area (Å²) >= 11 is 0. The van der Waals surface area contributed by atoms with Crippen LogP contribution in [0.15, 0.2) is 54.6 Å². The van der Waals surface area contributed by atoms with Crippen molar-refractivity contribution in [2.45, 2.75) is 78.1 Å². The molecule has 3 heteroatoms. The summed E-state index contributed by atoms with van der Waals surface area (Å²) in [6.07, 6.45) is 0. The minimum absolute atomic E-state index is 0.00456. The average Bonchev–Trinajstić information content (AvgIpc) is 3.08. The SMILES string of the molecule is Cc1ccc(N2C(=O)C3C4c5ccc(C(C)(C)C)cc5C(c5ccc(C(C)(C)C)cc54)C3C2=O)c(C)c1. The van der Waals surface area contributed by atoms with Crippen LogP contribution in [0.2, 0.25) is 0 Å². The van der Waals surface area contributed by atoms with E-state index < -0.39 is 0 Å². The van der Waals surface area contributed by atoms with Crippen LogP contribution < -0.4 is 4.90 Å². The molecule has 4 atom stereocenters. The lowest BCUT2D eigenvalue weighted by atomic mass is 9.54. The number of aryl methyl sites for hydroxylation is 2. The lowest BCUT2D eigenvalue weighted by Gasteiger charge is -2.47. The number of anilines is 1. The molecule has 3 aliphatic carbocycles. The minimum Gasteiger partial charge on any atom is -0.274 e. The summed E-state index contributed by atoms with van der Waals surface area (Å²) < 4.78 is 0. The Morgan fingerprint density at radius 3 is 1.46 bits per heavy atom. The highest BCUT2D eigenvalue weighted by Gasteiger charge is 2.62. The lowest BCUT2D eigenvalue weighted by molar-refractivity contribution is -0.122. The first-order valence-corrected chi connectivity index (χ1v) is 13.5. The maximum absolute atomic E-state index is 14.2. The largest absolute Gasteiger partial charge is 0.274 e. The molecule has 1 aliphatic heterocycles. The lowest BCUT2D eigenvalue weighted by Crippen LogP contribution is -2.42. The van der Waals surface area contributed by atoms with Crippen molar-refractivity contribution >= 4 is 17.5 Å². The molecule has 4 aliphatic rings. The first-order chi connectivity index (χ1) is 17.3. The number of hydrogen-bond acceptors (Lipinski definition) is 2. The molecule has 0 saturated carbocycles. The standard InChI is InChI=1S/C34H37NO2/c1-18-9-14-26(19(2)15-18)35-31(36)29-27-23-13-11-21(34(6,7)8)17-25(23)28(30(29)32(35)37)22-12-10-20(16-24(22)27)33(3,4)5/h9-17,27-30H,1-8H3. The number of amides is 2. The molecule has 0 N–H and O–H groups in total. The summed E-state index contributed by atoms with van der Waals surface area (Å²) in [5.74, 6) is -1.04. The van der Waals surface area contributed by atoms with Gasteiger partial charge in [0, 0.05) is 11.8 Å². The van der Waals surface area contributed by atoms with E-state index in [4.69, 9.17) is 0 Å². The maximum atomic E-state index is 14.2. The predicted octanol–water partition coefficient (Wildman–Crippen LogP) is 7.30. The number of nitrogens with zero attached hydrogens (tertiary/aromatic N) is 1.